The maximum atomic E-state index is 13.8. The van der Waals surface area contributed by atoms with Crippen molar-refractivity contribution in [3.05, 3.63) is 35.6 Å². The Labute approximate surface area is 156 Å². The molecule has 1 aromatic carbocycles. The van der Waals surface area contributed by atoms with Gasteiger partial charge in [0.25, 0.3) is 0 Å². The number of hydrogen-bond acceptors (Lipinski definition) is 4. The van der Waals surface area contributed by atoms with Gasteiger partial charge in [-0.3, -0.25) is 9.69 Å². The van der Waals surface area contributed by atoms with Gasteiger partial charge in [-0.25, -0.2) is 4.39 Å². The monoisotopic (exact) mass is 366 g/mol. The lowest BCUT2D eigenvalue weighted by Gasteiger charge is -2.35. The molecule has 0 spiro atoms. The molecule has 1 amide bonds. The zero-order valence-electron chi connectivity index (χ0n) is 16.0. The van der Waals surface area contributed by atoms with Crippen molar-refractivity contribution in [2.24, 2.45) is 5.92 Å². The van der Waals surface area contributed by atoms with E-state index in [1.54, 1.807) is 20.3 Å². The number of methoxy groups -OCH3 is 2. The fourth-order valence-electron chi connectivity index (χ4n) is 3.37. The molecule has 0 aromatic heterocycles. The number of amides is 1. The van der Waals surface area contributed by atoms with Crippen molar-refractivity contribution >= 4 is 5.91 Å². The van der Waals surface area contributed by atoms with Crippen molar-refractivity contribution in [2.45, 2.75) is 25.8 Å². The van der Waals surface area contributed by atoms with Crippen LogP contribution in [0.1, 0.15) is 24.8 Å². The standard InChI is InChI=1S/C20H31FN2O3/c1-25-13-9-20(24)23(12-14-26-2)15-17-7-10-22(11-8-17)16-18-5-3-4-6-19(18)21/h3-6,17H,7-16H2,1-2H3. The Morgan fingerprint density at radius 2 is 1.88 bits per heavy atom. The molecule has 0 aliphatic carbocycles. The van der Waals surface area contributed by atoms with Gasteiger partial charge in [-0.15, -0.1) is 0 Å². The topological polar surface area (TPSA) is 42.0 Å². The Morgan fingerprint density at radius 3 is 2.54 bits per heavy atom. The Kier molecular flexibility index (Phi) is 9.01. The predicted octanol–water partition coefficient (Wildman–Crippen LogP) is 2.55. The summed E-state index contributed by atoms with van der Waals surface area (Å²) in [5, 5.41) is 0. The van der Waals surface area contributed by atoms with Crippen LogP contribution in [0.2, 0.25) is 0 Å². The zero-order valence-corrected chi connectivity index (χ0v) is 16.0. The number of carbonyl (C=O) groups excluding carboxylic acids is 1. The molecule has 1 fully saturated rings. The van der Waals surface area contributed by atoms with Crippen LogP contribution in [0.3, 0.4) is 0 Å². The van der Waals surface area contributed by atoms with E-state index >= 15 is 0 Å². The molecule has 0 saturated carbocycles. The first-order chi connectivity index (χ1) is 12.6. The summed E-state index contributed by atoms with van der Waals surface area (Å²) in [7, 11) is 3.26. The lowest BCUT2D eigenvalue weighted by molar-refractivity contribution is -0.133. The second kappa shape index (κ2) is 11.3. The third-order valence-electron chi connectivity index (χ3n) is 4.98. The lowest BCUT2D eigenvalue weighted by atomic mass is 9.95. The zero-order chi connectivity index (χ0) is 18.8. The quantitative estimate of drug-likeness (QED) is 0.638. The molecular formula is C20H31FN2O3. The van der Waals surface area contributed by atoms with Crippen LogP contribution in [0.4, 0.5) is 4.39 Å². The van der Waals surface area contributed by atoms with Gasteiger partial charge in [-0.05, 0) is 37.9 Å². The Morgan fingerprint density at radius 1 is 1.19 bits per heavy atom. The van der Waals surface area contributed by atoms with Gasteiger partial charge in [0.1, 0.15) is 5.82 Å². The minimum atomic E-state index is -0.135. The van der Waals surface area contributed by atoms with Crippen molar-refractivity contribution in [1.82, 2.24) is 9.80 Å². The van der Waals surface area contributed by atoms with E-state index in [-0.39, 0.29) is 11.7 Å². The molecule has 26 heavy (non-hydrogen) atoms. The fourth-order valence-corrected chi connectivity index (χ4v) is 3.37. The van der Waals surface area contributed by atoms with Crippen molar-refractivity contribution in [3.63, 3.8) is 0 Å². The highest BCUT2D eigenvalue weighted by atomic mass is 19.1. The Bertz CT molecular complexity index is 548. The molecule has 0 unspecified atom stereocenters. The minimum absolute atomic E-state index is 0.123. The van der Waals surface area contributed by atoms with Gasteiger partial charge in [0.15, 0.2) is 0 Å². The third kappa shape index (κ3) is 6.67. The molecule has 1 aromatic rings. The molecule has 1 aliphatic heterocycles. The van der Waals surface area contributed by atoms with Crippen LogP contribution in [0.25, 0.3) is 0 Å². The summed E-state index contributed by atoms with van der Waals surface area (Å²) in [6.45, 7) is 4.90. The third-order valence-corrected chi connectivity index (χ3v) is 4.98. The largest absolute Gasteiger partial charge is 0.384 e. The van der Waals surface area contributed by atoms with Crippen molar-refractivity contribution in [2.75, 3.05) is 53.6 Å². The maximum absolute atomic E-state index is 13.8. The first-order valence-corrected chi connectivity index (χ1v) is 9.35. The molecule has 0 radical (unpaired) electrons. The number of piperidine rings is 1. The van der Waals surface area contributed by atoms with Gasteiger partial charge in [-0.2, -0.15) is 0 Å². The van der Waals surface area contributed by atoms with E-state index in [1.807, 2.05) is 17.0 Å². The van der Waals surface area contributed by atoms with Crippen LogP contribution in [0.5, 0.6) is 0 Å². The van der Waals surface area contributed by atoms with Crippen molar-refractivity contribution in [1.29, 1.82) is 0 Å². The molecule has 0 atom stereocenters. The van der Waals surface area contributed by atoms with Crippen LogP contribution in [-0.2, 0) is 20.8 Å². The highest BCUT2D eigenvalue weighted by Crippen LogP contribution is 2.21. The average Bonchev–Trinajstić information content (AvgIpc) is 2.66. The van der Waals surface area contributed by atoms with Crippen LogP contribution in [0, 0.1) is 11.7 Å². The summed E-state index contributed by atoms with van der Waals surface area (Å²) in [6.07, 6.45) is 2.46. The number of likely N-dealkylation sites (tertiary alicyclic amines) is 1. The normalized spacial score (nSPS) is 16.0. The van der Waals surface area contributed by atoms with Crippen molar-refractivity contribution < 1.29 is 18.7 Å². The Hall–Kier alpha value is -1.50. The Balaban J connectivity index is 1.81. The van der Waals surface area contributed by atoms with Crippen LogP contribution in [0.15, 0.2) is 24.3 Å². The molecule has 2 rings (SSSR count). The van der Waals surface area contributed by atoms with Gasteiger partial charge in [0.05, 0.1) is 19.6 Å². The fraction of sp³-hybridized carbons (Fsp3) is 0.650. The van der Waals surface area contributed by atoms with E-state index in [9.17, 15) is 9.18 Å². The van der Waals surface area contributed by atoms with Gasteiger partial charge in [0.2, 0.25) is 5.91 Å². The van der Waals surface area contributed by atoms with Gasteiger partial charge in [-0.1, -0.05) is 18.2 Å². The molecule has 1 heterocycles. The first kappa shape index (κ1) is 20.8. The summed E-state index contributed by atoms with van der Waals surface area (Å²) < 4.78 is 24.0. The second-order valence-corrected chi connectivity index (χ2v) is 6.89. The van der Waals surface area contributed by atoms with E-state index in [0.717, 1.165) is 38.0 Å². The molecule has 0 N–H and O–H groups in total. The van der Waals surface area contributed by atoms with Gasteiger partial charge in [0, 0.05) is 39.4 Å². The lowest BCUT2D eigenvalue weighted by Crippen LogP contribution is -2.42. The summed E-state index contributed by atoms with van der Waals surface area (Å²) in [5.41, 5.74) is 0.752. The van der Waals surface area contributed by atoms with E-state index in [1.165, 1.54) is 6.07 Å². The highest BCUT2D eigenvalue weighted by Gasteiger charge is 2.24. The van der Waals surface area contributed by atoms with E-state index in [4.69, 9.17) is 9.47 Å². The van der Waals surface area contributed by atoms with Crippen LogP contribution < -0.4 is 0 Å². The molecule has 1 aliphatic rings. The minimum Gasteiger partial charge on any atom is -0.384 e. The smallest absolute Gasteiger partial charge is 0.224 e. The maximum Gasteiger partial charge on any atom is 0.224 e. The number of benzene rings is 1. The summed E-state index contributed by atoms with van der Waals surface area (Å²) >= 11 is 0. The number of nitrogens with zero attached hydrogens (tertiary/aromatic N) is 2. The van der Waals surface area contributed by atoms with Crippen molar-refractivity contribution in [3.8, 4) is 0 Å². The van der Waals surface area contributed by atoms with Gasteiger partial charge < -0.3 is 14.4 Å². The average molecular weight is 366 g/mol. The second-order valence-electron chi connectivity index (χ2n) is 6.89. The first-order valence-electron chi connectivity index (χ1n) is 9.35. The molecule has 1 saturated heterocycles. The van der Waals surface area contributed by atoms with E-state index in [2.05, 4.69) is 4.90 Å². The van der Waals surface area contributed by atoms with Gasteiger partial charge >= 0.3 is 0 Å². The van der Waals surface area contributed by atoms with E-state index in [0.29, 0.717) is 38.6 Å². The molecule has 0 bridgehead atoms. The van der Waals surface area contributed by atoms with E-state index < -0.39 is 0 Å². The number of ether oxygens (including phenoxy) is 2. The van der Waals surface area contributed by atoms with Crippen LogP contribution in [-0.4, -0.2) is 69.3 Å². The number of halogens is 1. The highest BCUT2D eigenvalue weighted by molar-refractivity contribution is 5.76. The summed E-state index contributed by atoms with van der Waals surface area (Å²) in [6, 6.07) is 6.97. The number of carbonyl (C=O) groups is 1. The molecule has 5 nitrogen and oxygen atoms in total. The number of rotatable bonds is 10. The van der Waals surface area contributed by atoms with Crippen LogP contribution >= 0.6 is 0 Å². The number of hydrogen-bond donors (Lipinski definition) is 0. The predicted molar refractivity (Wildman–Crippen MR) is 99.4 cm³/mol. The molecular weight excluding hydrogens is 335 g/mol. The molecule has 146 valence electrons. The molecule has 6 heteroatoms. The SMILES string of the molecule is COCCC(=O)N(CCOC)CC1CCN(Cc2ccccc2F)CC1. The summed E-state index contributed by atoms with van der Waals surface area (Å²) in [5.74, 6) is 0.469. The summed E-state index contributed by atoms with van der Waals surface area (Å²) in [4.78, 5) is 16.6.